The predicted molar refractivity (Wildman–Crippen MR) is 99.5 cm³/mol. The Morgan fingerprint density at radius 2 is 2.27 bits per heavy atom. The first-order valence-electron chi connectivity index (χ1n) is 9.40. The summed E-state index contributed by atoms with van der Waals surface area (Å²) in [6, 6.07) is 1.91. The van der Waals surface area contributed by atoms with Gasteiger partial charge in [0.15, 0.2) is 0 Å². The van der Waals surface area contributed by atoms with E-state index >= 15 is 0 Å². The number of carbonyl (C=O) groups excluding carboxylic acids is 1. The fourth-order valence-electron chi connectivity index (χ4n) is 3.60. The standard InChI is InChI=1S/C20H29N3O3/c1-14(2)18-12-17(15(3)26-18)20(24)23-8-5-6-16(13-23)19-21-7-9-22(19)10-11-25-4/h7,9,12,14,16H,5-6,8,10-11,13H2,1-4H3/t16-/m1/s1. The van der Waals surface area contributed by atoms with Crippen molar-refractivity contribution in [2.24, 2.45) is 0 Å². The molecule has 3 heterocycles. The Morgan fingerprint density at radius 3 is 2.96 bits per heavy atom. The maximum absolute atomic E-state index is 13.0. The molecule has 142 valence electrons. The van der Waals surface area contributed by atoms with Gasteiger partial charge in [-0.2, -0.15) is 0 Å². The van der Waals surface area contributed by atoms with Crippen molar-refractivity contribution < 1.29 is 13.9 Å². The quantitative estimate of drug-likeness (QED) is 0.791. The summed E-state index contributed by atoms with van der Waals surface area (Å²) in [5.74, 6) is 3.23. The van der Waals surface area contributed by atoms with E-state index in [2.05, 4.69) is 23.4 Å². The van der Waals surface area contributed by atoms with Crippen LogP contribution in [0.5, 0.6) is 0 Å². The third-order valence-corrected chi connectivity index (χ3v) is 5.09. The van der Waals surface area contributed by atoms with Gasteiger partial charge in [0, 0.05) is 51.0 Å². The normalized spacial score (nSPS) is 17.9. The molecule has 1 aliphatic rings. The summed E-state index contributed by atoms with van der Waals surface area (Å²) >= 11 is 0. The molecular formula is C20H29N3O3. The summed E-state index contributed by atoms with van der Waals surface area (Å²) in [6.45, 7) is 8.95. The van der Waals surface area contributed by atoms with Crippen LogP contribution in [0.15, 0.2) is 22.9 Å². The Balaban J connectivity index is 1.74. The highest BCUT2D eigenvalue weighted by Gasteiger charge is 2.29. The van der Waals surface area contributed by atoms with Crippen LogP contribution < -0.4 is 0 Å². The van der Waals surface area contributed by atoms with Crippen LogP contribution in [-0.4, -0.2) is 47.2 Å². The number of piperidine rings is 1. The van der Waals surface area contributed by atoms with Crippen LogP contribution in [0.4, 0.5) is 0 Å². The van der Waals surface area contributed by atoms with Crippen molar-refractivity contribution in [2.75, 3.05) is 26.8 Å². The van der Waals surface area contributed by atoms with Gasteiger partial charge in [0.2, 0.25) is 0 Å². The van der Waals surface area contributed by atoms with Crippen LogP contribution in [0.1, 0.15) is 66.2 Å². The number of hydrogen-bond acceptors (Lipinski definition) is 4. The SMILES string of the molecule is COCCn1ccnc1[C@@H]1CCCN(C(=O)c2cc(C(C)C)oc2C)C1. The molecule has 0 N–H and O–H groups in total. The fourth-order valence-corrected chi connectivity index (χ4v) is 3.60. The van der Waals surface area contributed by atoms with E-state index in [0.29, 0.717) is 24.5 Å². The fraction of sp³-hybridized carbons (Fsp3) is 0.600. The van der Waals surface area contributed by atoms with E-state index in [9.17, 15) is 4.79 Å². The molecule has 0 unspecified atom stereocenters. The van der Waals surface area contributed by atoms with Crippen molar-refractivity contribution in [1.82, 2.24) is 14.5 Å². The Labute approximate surface area is 155 Å². The van der Waals surface area contributed by atoms with Crippen LogP contribution in [-0.2, 0) is 11.3 Å². The molecule has 2 aromatic heterocycles. The zero-order valence-corrected chi connectivity index (χ0v) is 16.2. The molecule has 6 nitrogen and oxygen atoms in total. The van der Waals surface area contributed by atoms with Crippen LogP contribution in [0.25, 0.3) is 0 Å². The number of ether oxygens (including phenoxy) is 1. The van der Waals surface area contributed by atoms with Gasteiger partial charge >= 0.3 is 0 Å². The van der Waals surface area contributed by atoms with E-state index in [-0.39, 0.29) is 17.7 Å². The second-order valence-electron chi connectivity index (χ2n) is 7.34. The van der Waals surface area contributed by atoms with E-state index in [0.717, 1.165) is 37.5 Å². The second-order valence-corrected chi connectivity index (χ2v) is 7.34. The number of carbonyl (C=O) groups is 1. The molecule has 3 rings (SSSR count). The van der Waals surface area contributed by atoms with Crippen LogP contribution in [0.3, 0.4) is 0 Å². The van der Waals surface area contributed by atoms with E-state index in [1.54, 1.807) is 7.11 Å². The van der Waals surface area contributed by atoms with Crippen LogP contribution in [0.2, 0.25) is 0 Å². The molecule has 6 heteroatoms. The lowest BCUT2D eigenvalue weighted by Crippen LogP contribution is -2.40. The topological polar surface area (TPSA) is 60.5 Å². The summed E-state index contributed by atoms with van der Waals surface area (Å²) in [4.78, 5) is 19.6. The number of methoxy groups -OCH3 is 1. The van der Waals surface area contributed by atoms with Gasteiger partial charge in [-0.15, -0.1) is 0 Å². The lowest BCUT2D eigenvalue weighted by Gasteiger charge is -2.32. The molecule has 1 fully saturated rings. The lowest BCUT2D eigenvalue weighted by atomic mass is 9.96. The van der Waals surface area contributed by atoms with Gasteiger partial charge in [-0.05, 0) is 25.8 Å². The third-order valence-electron chi connectivity index (χ3n) is 5.09. The highest BCUT2D eigenvalue weighted by atomic mass is 16.5. The Hall–Kier alpha value is -2.08. The van der Waals surface area contributed by atoms with Crippen LogP contribution in [0, 0.1) is 6.92 Å². The Morgan fingerprint density at radius 1 is 1.46 bits per heavy atom. The van der Waals surface area contributed by atoms with Gasteiger partial charge in [0.05, 0.1) is 12.2 Å². The molecule has 0 aromatic carbocycles. The molecule has 1 amide bonds. The summed E-state index contributed by atoms with van der Waals surface area (Å²) in [5.41, 5.74) is 0.692. The number of likely N-dealkylation sites (tertiary alicyclic amines) is 1. The number of amides is 1. The van der Waals surface area contributed by atoms with Crippen molar-refractivity contribution in [1.29, 1.82) is 0 Å². The van der Waals surface area contributed by atoms with Gasteiger partial charge in [-0.1, -0.05) is 13.8 Å². The van der Waals surface area contributed by atoms with E-state index < -0.39 is 0 Å². The number of furan rings is 1. The maximum atomic E-state index is 13.0. The summed E-state index contributed by atoms with van der Waals surface area (Å²) in [6.07, 6.45) is 5.86. The first-order chi connectivity index (χ1) is 12.5. The molecule has 2 aromatic rings. The minimum absolute atomic E-state index is 0.0675. The minimum atomic E-state index is 0.0675. The predicted octanol–water partition coefficient (Wildman–Crippen LogP) is 3.57. The highest BCUT2D eigenvalue weighted by Crippen LogP contribution is 2.29. The molecule has 0 spiro atoms. The molecule has 0 aliphatic carbocycles. The summed E-state index contributed by atoms with van der Waals surface area (Å²) < 4.78 is 13.1. The largest absolute Gasteiger partial charge is 0.465 e. The number of aryl methyl sites for hydroxylation is 1. The monoisotopic (exact) mass is 359 g/mol. The highest BCUT2D eigenvalue weighted by molar-refractivity contribution is 5.95. The Bertz CT molecular complexity index is 747. The Kier molecular flexibility index (Phi) is 5.81. The molecule has 1 aliphatic heterocycles. The maximum Gasteiger partial charge on any atom is 0.257 e. The third kappa shape index (κ3) is 3.85. The molecule has 1 saturated heterocycles. The number of aromatic nitrogens is 2. The number of hydrogen-bond donors (Lipinski definition) is 0. The van der Waals surface area contributed by atoms with Crippen molar-refractivity contribution in [2.45, 2.75) is 52.0 Å². The van der Waals surface area contributed by atoms with Crippen molar-refractivity contribution in [3.63, 3.8) is 0 Å². The zero-order chi connectivity index (χ0) is 18.7. The van der Waals surface area contributed by atoms with Crippen LogP contribution >= 0.6 is 0 Å². The average molecular weight is 359 g/mol. The van der Waals surface area contributed by atoms with Crippen molar-refractivity contribution in [3.8, 4) is 0 Å². The molecule has 0 radical (unpaired) electrons. The van der Waals surface area contributed by atoms with Gasteiger partial charge in [0.1, 0.15) is 17.3 Å². The van der Waals surface area contributed by atoms with E-state index in [4.69, 9.17) is 9.15 Å². The molecular weight excluding hydrogens is 330 g/mol. The first-order valence-corrected chi connectivity index (χ1v) is 9.40. The van der Waals surface area contributed by atoms with Crippen molar-refractivity contribution in [3.05, 3.63) is 41.4 Å². The number of nitrogens with zero attached hydrogens (tertiary/aromatic N) is 3. The summed E-state index contributed by atoms with van der Waals surface area (Å²) in [7, 11) is 1.70. The lowest BCUT2D eigenvalue weighted by molar-refractivity contribution is 0.0700. The van der Waals surface area contributed by atoms with E-state index in [1.807, 2.05) is 30.3 Å². The van der Waals surface area contributed by atoms with Gasteiger partial charge < -0.3 is 18.6 Å². The van der Waals surface area contributed by atoms with Gasteiger partial charge in [-0.3, -0.25) is 4.79 Å². The molecule has 0 saturated carbocycles. The van der Waals surface area contributed by atoms with Gasteiger partial charge in [-0.25, -0.2) is 4.98 Å². The van der Waals surface area contributed by atoms with Gasteiger partial charge in [0.25, 0.3) is 5.91 Å². The zero-order valence-electron chi connectivity index (χ0n) is 16.2. The van der Waals surface area contributed by atoms with Crippen molar-refractivity contribution >= 4 is 5.91 Å². The van der Waals surface area contributed by atoms with E-state index in [1.165, 1.54) is 0 Å². The smallest absolute Gasteiger partial charge is 0.257 e. The molecule has 26 heavy (non-hydrogen) atoms. The molecule has 1 atom stereocenters. The first kappa shape index (κ1) is 18.7. The minimum Gasteiger partial charge on any atom is -0.465 e. The average Bonchev–Trinajstić information content (AvgIpc) is 3.26. The summed E-state index contributed by atoms with van der Waals surface area (Å²) in [5, 5.41) is 0. The number of rotatable bonds is 6. The number of imidazole rings is 1. The second kappa shape index (κ2) is 8.08. The molecule has 0 bridgehead atoms.